The zero-order valence-corrected chi connectivity index (χ0v) is 16.0. The van der Waals surface area contributed by atoms with Gasteiger partial charge in [-0.25, -0.2) is 0 Å². The number of pyridine rings is 1. The Bertz CT molecular complexity index is 804. The van der Waals surface area contributed by atoms with Gasteiger partial charge in [0.2, 0.25) is 11.8 Å². The van der Waals surface area contributed by atoms with Gasteiger partial charge in [-0.05, 0) is 23.3 Å². The van der Waals surface area contributed by atoms with Crippen molar-refractivity contribution in [3.63, 3.8) is 0 Å². The van der Waals surface area contributed by atoms with Crippen LogP contribution in [0.1, 0.15) is 17.5 Å². The molecule has 1 unspecified atom stereocenters. The van der Waals surface area contributed by atoms with Crippen LogP contribution < -0.4 is 0 Å². The fraction of sp³-hybridized carbons (Fsp3) is 0.409. The van der Waals surface area contributed by atoms with Gasteiger partial charge in [0.15, 0.2) is 0 Å². The van der Waals surface area contributed by atoms with Gasteiger partial charge in [-0.15, -0.1) is 0 Å². The first-order valence-electron chi connectivity index (χ1n) is 9.91. The zero-order chi connectivity index (χ0) is 19.3. The Morgan fingerprint density at radius 1 is 0.929 bits per heavy atom. The van der Waals surface area contributed by atoms with Gasteiger partial charge in [0.1, 0.15) is 0 Å². The number of amides is 2. The van der Waals surface area contributed by atoms with E-state index in [9.17, 15) is 9.59 Å². The Hall–Kier alpha value is -2.73. The summed E-state index contributed by atoms with van der Waals surface area (Å²) in [6.45, 7) is 5.19. The van der Waals surface area contributed by atoms with Crippen molar-refractivity contribution in [2.75, 3.05) is 32.7 Å². The van der Waals surface area contributed by atoms with E-state index in [1.54, 1.807) is 0 Å². The van der Waals surface area contributed by atoms with Crippen molar-refractivity contribution in [2.45, 2.75) is 19.5 Å². The molecule has 6 heteroatoms. The molecule has 1 aromatic heterocycles. The van der Waals surface area contributed by atoms with Crippen LogP contribution in [0.25, 0.3) is 0 Å². The highest BCUT2D eigenvalue weighted by Gasteiger charge is 2.37. The molecule has 2 aromatic rings. The number of nitrogens with zero attached hydrogens (tertiary/aromatic N) is 4. The van der Waals surface area contributed by atoms with E-state index in [0.717, 1.165) is 38.3 Å². The molecule has 2 aliphatic rings. The van der Waals surface area contributed by atoms with Crippen LogP contribution in [0.2, 0.25) is 0 Å². The molecule has 2 aliphatic heterocycles. The number of piperazine rings is 1. The van der Waals surface area contributed by atoms with Crippen LogP contribution in [0, 0.1) is 5.92 Å². The van der Waals surface area contributed by atoms with Gasteiger partial charge in [0.05, 0.1) is 5.92 Å². The molecular formula is C22H26N4O2. The normalized spacial score (nSPS) is 20.6. The van der Waals surface area contributed by atoms with Crippen molar-refractivity contribution in [1.82, 2.24) is 19.7 Å². The average Bonchev–Trinajstić information content (AvgIpc) is 3.10. The fourth-order valence-corrected chi connectivity index (χ4v) is 4.03. The lowest BCUT2D eigenvalue weighted by molar-refractivity contribution is -0.137. The summed E-state index contributed by atoms with van der Waals surface area (Å²) < 4.78 is 0. The fourth-order valence-electron chi connectivity index (χ4n) is 4.03. The molecule has 146 valence electrons. The Kier molecular flexibility index (Phi) is 5.67. The molecule has 0 bridgehead atoms. The summed E-state index contributed by atoms with van der Waals surface area (Å²) in [5, 5.41) is 0. The second kappa shape index (κ2) is 8.52. The lowest BCUT2D eigenvalue weighted by atomic mass is 10.1. The number of carbonyl (C=O) groups is 2. The molecule has 6 nitrogen and oxygen atoms in total. The maximum Gasteiger partial charge on any atom is 0.228 e. The largest absolute Gasteiger partial charge is 0.340 e. The smallest absolute Gasteiger partial charge is 0.228 e. The second-order valence-corrected chi connectivity index (χ2v) is 7.62. The lowest BCUT2D eigenvalue weighted by Gasteiger charge is -2.35. The number of benzene rings is 1. The summed E-state index contributed by atoms with van der Waals surface area (Å²) in [5.74, 6) is 0.00830. The SMILES string of the molecule is O=C1CC(C(=O)N2CCN(Cc3ccncc3)CC2)CN1Cc1ccccc1. The number of hydrogen-bond donors (Lipinski definition) is 0. The Morgan fingerprint density at radius 2 is 1.61 bits per heavy atom. The van der Waals surface area contributed by atoms with Gasteiger partial charge < -0.3 is 9.80 Å². The first-order chi connectivity index (χ1) is 13.7. The summed E-state index contributed by atoms with van der Waals surface area (Å²) in [4.78, 5) is 35.5. The quantitative estimate of drug-likeness (QED) is 0.796. The lowest BCUT2D eigenvalue weighted by Crippen LogP contribution is -2.50. The van der Waals surface area contributed by atoms with Crippen molar-refractivity contribution in [1.29, 1.82) is 0 Å². The first kappa shape index (κ1) is 18.6. The van der Waals surface area contributed by atoms with Crippen molar-refractivity contribution < 1.29 is 9.59 Å². The van der Waals surface area contributed by atoms with Crippen molar-refractivity contribution in [2.24, 2.45) is 5.92 Å². The standard InChI is InChI=1S/C22H26N4O2/c27-21-14-20(17-26(21)16-18-4-2-1-3-5-18)22(28)25-12-10-24(11-13-25)15-19-6-8-23-9-7-19/h1-9,20H,10-17H2. The third-order valence-electron chi connectivity index (χ3n) is 5.62. The Labute approximate surface area is 165 Å². The molecule has 28 heavy (non-hydrogen) atoms. The first-order valence-corrected chi connectivity index (χ1v) is 9.91. The molecule has 2 saturated heterocycles. The number of hydrogen-bond acceptors (Lipinski definition) is 4. The summed E-state index contributed by atoms with van der Waals surface area (Å²) in [6.07, 6.45) is 3.96. The average molecular weight is 378 g/mol. The van der Waals surface area contributed by atoms with Gasteiger partial charge in [0.25, 0.3) is 0 Å². The predicted octanol–water partition coefficient (Wildman–Crippen LogP) is 1.77. The molecular weight excluding hydrogens is 352 g/mol. The molecule has 2 amide bonds. The summed E-state index contributed by atoms with van der Waals surface area (Å²) >= 11 is 0. The van der Waals surface area contributed by atoms with Crippen LogP contribution in [0.15, 0.2) is 54.9 Å². The molecule has 0 spiro atoms. The molecule has 1 aromatic carbocycles. The molecule has 0 N–H and O–H groups in total. The topological polar surface area (TPSA) is 56.8 Å². The third-order valence-corrected chi connectivity index (χ3v) is 5.62. The van der Waals surface area contributed by atoms with Crippen molar-refractivity contribution >= 4 is 11.8 Å². The highest BCUT2D eigenvalue weighted by molar-refractivity contribution is 5.89. The molecule has 1 atom stereocenters. The van der Waals surface area contributed by atoms with Gasteiger partial charge in [-0.2, -0.15) is 0 Å². The number of carbonyl (C=O) groups excluding carboxylic acids is 2. The van der Waals surface area contributed by atoms with E-state index in [-0.39, 0.29) is 17.7 Å². The molecule has 0 aliphatic carbocycles. The van der Waals surface area contributed by atoms with Gasteiger partial charge >= 0.3 is 0 Å². The van der Waals surface area contributed by atoms with Gasteiger partial charge in [0, 0.05) is 64.6 Å². The van der Waals surface area contributed by atoms with Gasteiger partial charge in [-0.1, -0.05) is 30.3 Å². The van der Waals surface area contributed by atoms with Crippen molar-refractivity contribution in [3.05, 3.63) is 66.0 Å². The summed E-state index contributed by atoms with van der Waals surface area (Å²) in [5.41, 5.74) is 2.35. The molecule has 0 radical (unpaired) electrons. The highest BCUT2D eigenvalue weighted by atomic mass is 16.2. The van der Waals surface area contributed by atoms with Crippen LogP contribution >= 0.6 is 0 Å². The molecule has 0 saturated carbocycles. The van der Waals surface area contributed by atoms with E-state index in [1.807, 2.05) is 64.7 Å². The maximum absolute atomic E-state index is 12.9. The van der Waals surface area contributed by atoms with Gasteiger partial charge in [-0.3, -0.25) is 19.5 Å². The van der Waals surface area contributed by atoms with Crippen molar-refractivity contribution in [3.8, 4) is 0 Å². The Morgan fingerprint density at radius 3 is 2.32 bits per heavy atom. The predicted molar refractivity (Wildman–Crippen MR) is 106 cm³/mol. The number of likely N-dealkylation sites (tertiary alicyclic amines) is 1. The second-order valence-electron chi connectivity index (χ2n) is 7.62. The monoisotopic (exact) mass is 378 g/mol. The van der Waals surface area contributed by atoms with Crippen LogP contribution in [0.5, 0.6) is 0 Å². The minimum atomic E-state index is -0.206. The molecule has 3 heterocycles. The maximum atomic E-state index is 12.9. The third kappa shape index (κ3) is 4.39. The van der Waals surface area contributed by atoms with E-state index in [0.29, 0.717) is 19.5 Å². The highest BCUT2D eigenvalue weighted by Crippen LogP contribution is 2.23. The minimum Gasteiger partial charge on any atom is -0.340 e. The summed E-state index contributed by atoms with van der Waals surface area (Å²) in [7, 11) is 0. The molecule has 2 fully saturated rings. The van der Waals surface area contributed by atoms with Crippen LogP contribution in [0.3, 0.4) is 0 Å². The number of rotatable bonds is 5. The van der Waals surface area contributed by atoms with E-state index in [4.69, 9.17) is 0 Å². The summed E-state index contributed by atoms with van der Waals surface area (Å²) in [6, 6.07) is 14.0. The minimum absolute atomic E-state index is 0.0820. The van der Waals surface area contributed by atoms with E-state index in [1.165, 1.54) is 5.56 Å². The number of aromatic nitrogens is 1. The van der Waals surface area contributed by atoms with Crippen LogP contribution in [-0.4, -0.2) is 64.2 Å². The van der Waals surface area contributed by atoms with E-state index >= 15 is 0 Å². The van der Waals surface area contributed by atoms with E-state index < -0.39 is 0 Å². The van der Waals surface area contributed by atoms with Crippen LogP contribution in [-0.2, 0) is 22.7 Å². The van der Waals surface area contributed by atoms with Crippen LogP contribution in [0.4, 0.5) is 0 Å². The van der Waals surface area contributed by atoms with E-state index in [2.05, 4.69) is 9.88 Å². The zero-order valence-electron chi connectivity index (χ0n) is 16.0. The molecule has 4 rings (SSSR count). The Balaban J connectivity index is 1.28.